The van der Waals surface area contributed by atoms with Gasteiger partial charge in [0.05, 0.1) is 5.69 Å². The molecule has 0 fully saturated rings. The summed E-state index contributed by atoms with van der Waals surface area (Å²) in [5, 5.41) is 10.5. The van der Waals surface area contributed by atoms with Crippen molar-refractivity contribution in [3.63, 3.8) is 0 Å². The van der Waals surface area contributed by atoms with Crippen molar-refractivity contribution < 1.29 is 9.50 Å². The average molecular weight is 126 g/mol. The number of rotatable bonds is 0. The van der Waals surface area contributed by atoms with Crippen molar-refractivity contribution >= 4 is 5.69 Å². The molecule has 2 nitrogen and oxygen atoms in total. The maximum atomic E-state index is 12.1. The van der Waals surface area contributed by atoms with Gasteiger partial charge in [0.25, 0.3) is 0 Å². The van der Waals surface area contributed by atoms with E-state index in [1.165, 1.54) is 0 Å². The van der Waals surface area contributed by atoms with E-state index in [1.807, 2.05) is 0 Å². The van der Waals surface area contributed by atoms with Gasteiger partial charge in [0.1, 0.15) is 5.82 Å². The van der Waals surface area contributed by atoms with Crippen LogP contribution in [0.4, 0.5) is 10.1 Å². The van der Waals surface area contributed by atoms with Crippen molar-refractivity contribution in [2.45, 2.75) is 0 Å². The minimum Gasteiger partial charge on any atom is -0.395 e. The lowest BCUT2D eigenvalue weighted by Crippen LogP contribution is -1.84. The van der Waals surface area contributed by atoms with Gasteiger partial charge < -0.3 is 5.73 Å². The number of hydrogen-bond donors (Lipinski definition) is 1. The molecule has 1 radical (unpaired) electrons. The first kappa shape index (κ1) is 5.88. The maximum Gasteiger partial charge on any atom is 0.201 e. The molecule has 2 N–H and O–H groups in total. The highest BCUT2D eigenvalue weighted by Crippen LogP contribution is 2.19. The summed E-state index contributed by atoms with van der Waals surface area (Å²) in [6.45, 7) is 0. The number of anilines is 1. The number of nitrogens with two attached hydrogens (primary N) is 1. The van der Waals surface area contributed by atoms with Gasteiger partial charge in [-0.15, -0.1) is 0 Å². The van der Waals surface area contributed by atoms with Gasteiger partial charge in [-0.1, -0.05) is 0 Å². The number of halogens is 1. The van der Waals surface area contributed by atoms with Gasteiger partial charge in [-0.05, 0) is 12.1 Å². The fourth-order valence-electron chi connectivity index (χ4n) is 0.519. The smallest absolute Gasteiger partial charge is 0.201 e. The Morgan fingerprint density at radius 3 is 2.56 bits per heavy atom. The molecule has 0 saturated heterocycles. The van der Waals surface area contributed by atoms with Crippen LogP contribution in [-0.4, -0.2) is 0 Å². The monoisotopic (exact) mass is 126 g/mol. The van der Waals surface area contributed by atoms with Crippen LogP contribution in [0, 0.1) is 5.82 Å². The molecule has 0 amide bonds. The lowest BCUT2D eigenvalue weighted by Gasteiger charge is -1.91. The molecule has 0 heterocycles. The number of nitrogen functional groups attached to an aromatic ring is 1. The zero-order chi connectivity index (χ0) is 6.85. The van der Waals surface area contributed by atoms with Crippen LogP contribution in [0.1, 0.15) is 0 Å². The van der Waals surface area contributed by atoms with E-state index in [4.69, 9.17) is 5.73 Å². The molecule has 1 aromatic rings. The Kier molecular flexibility index (Phi) is 1.26. The van der Waals surface area contributed by atoms with Crippen molar-refractivity contribution in [2.24, 2.45) is 0 Å². The molecule has 0 aliphatic rings. The van der Waals surface area contributed by atoms with Crippen LogP contribution in [0.5, 0.6) is 5.75 Å². The molecule has 47 valence electrons. The van der Waals surface area contributed by atoms with Crippen molar-refractivity contribution in [2.75, 3.05) is 5.73 Å². The Morgan fingerprint density at radius 2 is 2.11 bits per heavy atom. The standard InChI is InChI=1S/C6H5FNO/c7-4-1-2-6(9)5(8)3-4/h1-3H,8H2. The highest BCUT2D eigenvalue weighted by molar-refractivity contribution is 5.50. The minimum absolute atomic E-state index is 0.0463. The molecular formula is C6H5FNO. The summed E-state index contributed by atoms with van der Waals surface area (Å²) in [5.74, 6) is -0.816. The molecule has 0 atom stereocenters. The summed E-state index contributed by atoms with van der Waals surface area (Å²) >= 11 is 0. The maximum absolute atomic E-state index is 12.1. The van der Waals surface area contributed by atoms with Crippen LogP contribution < -0.4 is 5.73 Å². The van der Waals surface area contributed by atoms with Gasteiger partial charge in [0, 0.05) is 6.07 Å². The summed E-state index contributed by atoms with van der Waals surface area (Å²) in [7, 11) is 0. The Balaban J connectivity index is 3.17. The van der Waals surface area contributed by atoms with E-state index in [1.54, 1.807) is 0 Å². The molecule has 0 aliphatic carbocycles. The van der Waals surface area contributed by atoms with Crippen molar-refractivity contribution in [1.82, 2.24) is 0 Å². The highest BCUT2D eigenvalue weighted by Gasteiger charge is 1.97. The third-order valence-electron chi connectivity index (χ3n) is 0.972. The van der Waals surface area contributed by atoms with Crippen LogP contribution in [0.25, 0.3) is 0 Å². The highest BCUT2D eigenvalue weighted by atomic mass is 19.1. The predicted molar refractivity (Wildman–Crippen MR) is 30.9 cm³/mol. The molecule has 3 heteroatoms. The number of hydrogen-bond acceptors (Lipinski definition) is 1. The Bertz CT molecular complexity index is 224. The largest absolute Gasteiger partial charge is 0.395 e. The van der Waals surface area contributed by atoms with Gasteiger partial charge in [-0.3, -0.25) is 5.11 Å². The summed E-state index contributed by atoms with van der Waals surface area (Å²) in [5.41, 5.74) is 5.02. The van der Waals surface area contributed by atoms with E-state index >= 15 is 0 Å². The van der Waals surface area contributed by atoms with E-state index < -0.39 is 5.82 Å². The molecule has 0 saturated carbocycles. The van der Waals surface area contributed by atoms with Gasteiger partial charge in [0.15, 0.2) is 0 Å². The van der Waals surface area contributed by atoms with Crippen LogP contribution in [0.3, 0.4) is 0 Å². The summed E-state index contributed by atoms with van der Waals surface area (Å²) in [6, 6.07) is 3.19. The lowest BCUT2D eigenvalue weighted by atomic mass is 10.3. The third kappa shape index (κ3) is 1.10. The Morgan fingerprint density at radius 1 is 1.44 bits per heavy atom. The van der Waals surface area contributed by atoms with Crippen molar-refractivity contribution in [3.05, 3.63) is 24.0 Å². The second-order valence-electron chi connectivity index (χ2n) is 1.68. The van der Waals surface area contributed by atoms with E-state index in [0.717, 1.165) is 18.2 Å². The molecule has 1 aromatic carbocycles. The molecule has 0 spiro atoms. The van der Waals surface area contributed by atoms with Gasteiger partial charge >= 0.3 is 0 Å². The molecule has 9 heavy (non-hydrogen) atoms. The topological polar surface area (TPSA) is 45.9 Å². The van der Waals surface area contributed by atoms with Crippen LogP contribution >= 0.6 is 0 Å². The molecule has 0 bridgehead atoms. The van der Waals surface area contributed by atoms with E-state index in [0.29, 0.717) is 0 Å². The molecule has 1 rings (SSSR count). The van der Waals surface area contributed by atoms with Gasteiger partial charge in [0.2, 0.25) is 5.75 Å². The zero-order valence-electron chi connectivity index (χ0n) is 4.60. The van der Waals surface area contributed by atoms with E-state index in [9.17, 15) is 9.50 Å². The van der Waals surface area contributed by atoms with Gasteiger partial charge in [-0.25, -0.2) is 4.39 Å². The van der Waals surface area contributed by atoms with E-state index in [2.05, 4.69) is 0 Å². The Hall–Kier alpha value is -1.25. The summed E-state index contributed by atoms with van der Waals surface area (Å²) in [4.78, 5) is 0. The average Bonchev–Trinajstić information content (AvgIpc) is 1.80. The normalized spacial score (nSPS) is 9.44. The first-order valence-electron chi connectivity index (χ1n) is 2.42. The van der Waals surface area contributed by atoms with Gasteiger partial charge in [-0.2, -0.15) is 0 Å². The van der Waals surface area contributed by atoms with Crippen LogP contribution in [0.2, 0.25) is 0 Å². The van der Waals surface area contributed by atoms with Crippen LogP contribution in [-0.2, 0) is 5.11 Å². The lowest BCUT2D eigenvalue weighted by molar-refractivity contribution is 0.356. The minimum atomic E-state index is -0.480. The predicted octanol–water partition coefficient (Wildman–Crippen LogP) is 1.55. The van der Waals surface area contributed by atoms with Crippen LogP contribution in [0.15, 0.2) is 18.2 Å². The molecule has 0 aromatic heterocycles. The second kappa shape index (κ2) is 1.93. The van der Waals surface area contributed by atoms with Crippen molar-refractivity contribution in [1.29, 1.82) is 0 Å². The number of benzene rings is 1. The third-order valence-corrected chi connectivity index (χ3v) is 0.972. The zero-order valence-corrected chi connectivity index (χ0v) is 4.60. The quantitative estimate of drug-likeness (QED) is 0.526. The second-order valence-corrected chi connectivity index (χ2v) is 1.68. The fourth-order valence-corrected chi connectivity index (χ4v) is 0.519. The Labute approximate surface area is 51.7 Å². The first-order valence-corrected chi connectivity index (χ1v) is 2.42. The molecule has 0 unspecified atom stereocenters. The molecular weight excluding hydrogens is 121 g/mol. The SMILES string of the molecule is Nc1cc(F)ccc1[O]. The molecule has 0 aliphatic heterocycles. The van der Waals surface area contributed by atoms with Crippen molar-refractivity contribution in [3.8, 4) is 5.75 Å². The van der Waals surface area contributed by atoms with E-state index in [-0.39, 0.29) is 11.4 Å². The summed E-state index contributed by atoms with van der Waals surface area (Å²) in [6.07, 6.45) is 0. The summed E-state index contributed by atoms with van der Waals surface area (Å²) < 4.78 is 12.1. The fraction of sp³-hybridized carbons (Fsp3) is 0. The first-order chi connectivity index (χ1) is 4.20.